The molecule has 1 aliphatic heterocycles. The summed E-state index contributed by atoms with van der Waals surface area (Å²) in [6, 6.07) is 65.5. The van der Waals surface area contributed by atoms with Gasteiger partial charge in [-0.3, -0.25) is 0 Å². The van der Waals surface area contributed by atoms with Gasteiger partial charge in [-0.2, -0.15) is 0 Å². The van der Waals surface area contributed by atoms with Crippen LogP contribution in [-0.2, 0) is 0 Å². The lowest BCUT2D eigenvalue weighted by atomic mass is 10.0. The highest BCUT2D eigenvalue weighted by Crippen LogP contribution is 2.62. The molecule has 298 valence electrons. The molecule has 61 heavy (non-hydrogen) atoms. The lowest BCUT2D eigenvalue weighted by Gasteiger charge is -2.38. The van der Waals surface area contributed by atoms with E-state index in [1.54, 1.807) is 0 Å². The van der Waals surface area contributed by atoms with E-state index in [1.807, 2.05) is 0 Å². The number of anilines is 4. The minimum atomic E-state index is -2.18. The van der Waals surface area contributed by atoms with Gasteiger partial charge in [0.05, 0.1) is 31.0 Å². The van der Waals surface area contributed by atoms with Gasteiger partial charge in [0.1, 0.15) is 10.6 Å². The van der Waals surface area contributed by atoms with E-state index in [9.17, 15) is 0 Å². The zero-order chi connectivity index (χ0) is 41.7. The summed E-state index contributed by atoms with van der Waals surface area (Å²) < 4.78 is 0. The molecular weight excluding hydrogens is 775 g/mol. The maximum Gasteiger partial charge on any atom is 0.123 e. The molecule has 4 heteroatoms. The van der Waals surface area contributed by atoms with Crippen LogP contribution in [0.2, 0.25) is 0 Å². The van der Waals surface area contributed by atoms with E-state index < -0.39 is 15.2 Å². The van der Waals surface area contributed by atoms with E-state index in [0.717, 1.165) is 0 Å². The summed E-state index contributed by atoms with van der Waals surface area (Å²) in [5.41, 5.74) is 5.91. The van der Waals surface area contributed by atoms with Crippen LogP contribution in [0.15, 0.2) is 170 Å². The topological polar surface area (TPSA) is 6.48 Å². The molecule has 2 nitrogen and oxygen atoms in total. The molecular formula is C57H51N2P2+. The fourth-order valence-corrected chi connectivity index (χ4v) is 16.6. The molecule has 0 saturated carbocycles. The lowest BCUT2D eigenvalue weighted by Crippen LogP contribution is -2.36. The Kier molecular flexibility index (Phi) is 9.02. The highest BCUT2D eigenvalue weighted by molar-refractivity contribution is 7.90. The van der Waals surface area contributed by atoms with Crippen molar-refractivity contribution in [2.24, 2.45) is 0 Å². The Bertz CT molecular complexity index is 3400. The van der Waals surface area contributed by atoms with Gasteiger partial charge in [0.15, 0.2) is 0 Å². The molecule has 10 aromatic carbocycles. The Morgan fingerprint density at radius 1 is 0.361 bits per heavy atom. The Balaban J connectivity index is 1.33. The lowest BCUT2D eigenvalue weighted by molar-refractivity contribution is 1.09. The van der Waals surface area contributed by atoms with Crippen molar-refractivity contribution in [3.63, 3.8) is 0 Å². The van der Waals surface area contributed by atoms with Gasteiger partial charge in [0, 0.05) is 36.1 Å². The van der Waals surface area contributed by atoms with Crippen molar-refractivity contribution in [1.82, 2.24) is 0 Å². The van der Waals surface area contributed by atoms with Crippen LogP contribution in [0.5, 0.6) is 0 Å². The van der Waals surface area contributed by atoms with Crippen molar-refractivity contribution < 1.29 is 0 Å². The average molecular weight is 826 g/mol. The van der Waals surface area contributed by atoms with Crippen molar-refractivity contribution in [1.29, 1.82) is 0 Å². The number of benzene rings is 10. The maximum atomic E-state index is 2.63. The smallest absolute Gasteiger partial charge is 0.123 e. The molecule has 0 saturated heterocycles. The number of rotatable bonds is 2. The predicted octanol–water partition coefficient (Wildman–Crippen LogP) is 14.3. The van der Waals surface area contributed by atoms with E-state index in [-0.39, 0.29) is 0 Å². The van der Waals surface area contributed by atoms with Crippen LogP contribution in [-0.4, -0.2) is 32.1 Å². The van der Waals surface area contributed by atoms with E-state index >= 15 is 0 Å². The Hall–Kier alpha value is -5.78. The zero-order valence-corrected chi connectivity index (χ0v) is 37.9. The summed E-state index contributed by atoms with van der Waals surface area (Å²) in [6.45, 7) is 12.5. The van der Waals surface area contributed by atoms with E-state index in [4.69, 9.17) is 0 Å². The van der Waals surface area contributed by atoms with Crippen molar-refractivity contribution in [2.75, 3.05) is 30.6 Å². The summed E-state index contributed by atoms with van der Waals surface area (Å²) in [4.78, 5) is 5.18. The van der Waals surface area contributed by atoms with Crippen molar-refractivity contribution in [2.45, 2.75) is 39.0 Å². The Morgan fingerprint density at radius 3 is 1.05 bits per heavy atom. The van der Waals surface area contributed by atoms with Crippen LogP contribution in [0.3, 0.4) is 0 Å². The number of hydrogen-bond acceptors (Lipinski definition) is 2. The second-order valence-electron chi connectivity index (χ2n) is 17.9. The Labute approximate surface area is 361 Å². The number of fused-ring (bicyclic) bond motifs is 10. The molecule has 0 fully saturated rings. The largest absolute Gasteiger partial charge is 0.341 e. The van der Waals surface area contributed by atoms with Crippen LogP contribution < -0.4 is 31.0 Å². The minimum Gasteiger partial charge on any atom is -0.341 e. The van der Waals surface area contributed by atoms with Gasteiger partial charge in [-0.1, -0.05) is 111 Å². The normalized spacial score (nSPS) is 16.9. The molecule has 1 aliphatic rings. The summed E-state index contributed by atoms with van der Waals surface area (Å²) in [6.07, 6.45) is 0. The van der Waals surface area contributed by atoms with Gasteiger partial charge >= 0.3 is 0 Å². The van der Waals surface area contributed by atoms with E-state index in [2.05, 4.69) is 228 Å². The third-order valence-corrected chi connectivity index (χ3v) is 21.4. The van der Waals surface area contributed by atoms with Gasteiger partial charge < -0.3 is 9.80 Å². The molecule has 0 amide bonds. The minimum absolute atomic E-state index is 0.361. The third kappa shape index (κ3) is 6.06. The highest BCUT2D eigenvalue weighted by Gasteiger charge is 2.47. The van der Waals surface area contributed by atoms with Gasteiger partial charge in [0.2, 0.25) is 0 Å². The molecule has 0 aromatic heterocycles. The summed E-state index contributed by atoms with van der Waals surface area (Å²) in [7, 11) is 1.65. The molecule has 11 rings (SSSR count). The SMILES string of the molecule is CC(C)P1c2cc3ccccc3cc2N(C)c2cc3cc4ccccc4cc3cc2[P+](C)(C(C)C)c2cc3ccccc3cc2N(C)c2cc3cc4ccccc4cc3cc21. The number of nitrogens with zero attached hydrogens (tertiary/aromatic N) is 2. The van der Waals surface area contributed by atoms with Gasteiger partial charge in [-0.25, -0.2) is 0 Å². The molecule has 0 spiro atoms. The quantitative estimate of drug-likeness (QED) is 0.127. The standard InChI is InChI=1S/C57H51N2P2/c1-36(2)60-54-32-44-22-14-12-20-42(44)28-50(54)58(5)53-31-47-25-39-17-9-11-19-41(39)27-49(47)35-57(53)61(7,37(3)4)56-34-45-23-15-13-21-43(45)29-52(56)59(6)51-30-46-24-38-16-8-10-18-40(38)26-48(46)33-55(51)60/h8-37H,1-7H3/q+1. The maximum absolute atomic E-state index is 2.63. The number of hydrogen-bond donors (Lipinski definition) is 0. The van der Waals surface area contributed by atoms with Gasteiger partial charge in [-0.15, -0.1) is 0 Å². The molecule has 10 aromatic rings. The van der Waals surface area contributed by atoms with E-state index in [0.29, 0.717) is 11.3 Å². The highest BCUT2D eigenvalue weighted by atomic mass is 31.2. The second kappa shape index (κ2) is 14.4. The fraction of sp³-hybridized carbons (Fsp3) is 0.158. The summed E-state index contributed by atoms with van der Waals surface area (Å²) in [5.74, 6) is 0. The molecule has 0 aliphatic carbocycles. The van der Waals surface area contributed by atoms with Crippen molar-refractivity contribution >= 4 is 124 Å². The zero-order valence-electron chi connectivity index (χ0n) is 36.1. The van der Waals surface area contributed by atoms with Crippen LogP contribution in [0.4, 0.5) is 22.7 Å². The fourth-order valence-electron chi connectivity index (χ4n) is 10.2. The molecule has 2 unspecified atom stereocenters. The molecule has 0 bridgehead atoms. The third-order valence-electron chi connectivity index (χ3n) is 13.8. The van der Waals surface area contributed by atoms with Crippen LogP contribution in [0.25, 0.3) is 64.6 Å². The molecule has 1 heterocycles. The average Bonchev–Trinajstić information content (AvgIpc) is 3.27. The van der Waals surface area contributed by atoms with Gasteiger partial charge in [0.25, 0.3) is 0 Å². The van der Waals surface area contributed by atoms with Crippen molar-refractivity contribution in [3.8, 4) is 0 Å². The first-order chi connectivity index (χ1) is 29.6. The van der Waals surface area contributed by atoms with Crippen LogP contribution >= 0.6 is 15.2 Å². The second-order valence-corrected chi connectivity index (χ2v) is 24.8. The van der Waals surface area contributed by atoms with Crippen LogP contribution in [0, 0.1) is 0 Å². The summed E-state index contributed by atoms with van der Waals surface area (Å²) >= 11 is 0. The van der Waals surface area contributed by atoms with Crippen molar-refractivity contribution in [3.05, 3.63) is 170 Å². The monoisotopic (exact) mass is 825 g/mol. The molecule has 0 N–H and O–H groups in total. The first kappa shape index (κ1) is 38.2. The first-order valence-electron chi connectivity index (χ1n) is 21.7. The molecule has 0 radical (unpaired) electrons. The molecule has 2 atom stereocenters. The van der Waals surface area contributed by atoms with Crippen LogP contribution in [0.1, 0.15) is 27.7 Å². The van der Waals surface area contributed by atoms with E-state index in [1.165, 1.54) is 109 Å². The first-order valence-corrected chi connectivity index (χ1v) is 25.4. The van der Waals surface area contributed by atoms with Gasteiger partial charge in [-0.05, 0) is 165 Å². The summed E-state index contributed by atoms with van der Waals surface area (Å²) in [5, 5.41) is 21.1. The Morgan fingerprint density at radius 2 is 0.639 bits per heavy atom. The predicted molar refractivity (Wildman–Crippen MR) is 276 cm³/mol.